The minimum absolute atomic E-state index is 0. The van der Waals surface area contributed by atoms with Crippen molar-refractivity contribution in [2.75, 3.05) is 5.32 Å². The van der Waals surface area contributed by atoms with Gasteiger partial charge in [0.1, 0.15) is 0 Å². The lowest BCUT2D eigenvalue weighted by Crippen LogP contribution is -3.00. The van der Waals surface area contributed by atoms with Gasteiger partial charge in [-0.3, -0.25) is 4.79 Å². The van der Waals surface area contributed by atoms with Crippen LogP contribution >= 0.6 is 0 Å². The second kappa shape index (κ2) is 6.90. The number of aryl methyl sites for hydroxylation is 2. The Morgan fingerprint density at radius 1 is 1.16 bits per heavy atom. The molecule has 0 aliphatic heterocycles. The average Bonchev–Trinajstić information content (AvgIpc) is 2.28. The first-order chi connectivity index (χ1) is 8.63. The minimum atomic E-state index is -0.0174. The normalized spacial score (nSPS) is 9.58. The lowest BCUT2D eigenvalue weighted by atomic mass is 10.2. The van der Waals surface area contributed by atoms with Crippen molar-refractivity contribution in [2.24, 2.45) is 0 Å². The molecule has 1 aromatic heterocycles. The van der Waals surface area contributed by atoms with E-state index in [-0.39, 0.29) is 18.3 Å². The van der Waals surface area contributed by atoms with E-state index in [0.717, 1.165) is 16.8 Å². The highest BCUT2D eigenvalue weighted by Gasteiger charge is 2.09. The lowest BCUT2D eigenvalue weighted by molar-refractivity contribution is -0.684. The van der Waals surface area contributed by atoms with Crippen LogP contribution in [-0.4, -0.2) is 5.91 Å². The summed E-state index contributed by atoms with van der Waals surface area (Å²) < 4.78 is 1.88. The zero-order valence-corrected chi connectivity index (χ0v) is 11.8. The number of aromatic nitrogens is 1. The van der Waals surface area contributed by atoms with Crippen LogP contribution in [0.25, 0.3) is 0 Å². The van der Waals surface area contributed by atoms with Crippen molar-refractivity contribution in [3.63, 3.8) is 0 Å². The molecule has 1 aromatic carbocycles. The first kappa shape index (κ1) is 15.2. The van der Waals surface area contributed by atoms with Crippen LogP contribution in [-0.2, 0) is 11.3 Å². The third-order valence-corrected chi connectivity index (χ3v) is 2.63. The molecule has 0 bridgehead atoms. The van der Waals surface area contributed by atoms with E-state index in [9.17, 15) is 4.79 Å². The van der Waals surface area contributed by atoms with E-state index in [0.29, 0.717) is 6.54 Å². The third kappa shape index (κ3) is 4.72. The minimum Gasteiger partial charge on any atom is -1.00 e. The lowest BCUT2D eigenvalue weighted by Gasteiger charge is -2.04. The number of nitrogens with one attached hydrogen (secondary N) is 1. The van der Waals surface area contributed by atoms with Gasteiger partial charge in [0.15, 0.2) is 12.4 Å². The van der Waals surface area contributed by atoms with Crippen molar-refractivity contribution in [1.29, 1.82) is 0 Å². The van der Waals surface area contributed by atoms with Crippen LogP contribution in [0.5, 0.6) is 0 Å². The van der Waals surface area contributed by atoms with Crippen molar-refractivity contribution in [1.82, 2.24) is 0 Å². The first-order valence-corrected chi connectivity index (χ1v) is 5.96. The molecule has 1 amide bonds. The summed E-state index contributed by atoms with van der Waals surface area (Å²) in [4.78, 5) is 11.9. The van der Waals surface area contributed by atoms with Crippen LogP contribution in [0.1, 0.15) is 11.1 Å². The number of halogens is 1. The van der Waals surface area contributed by atoms with Crippen molar-refractivity contribution >= 4 is 11.6 Å². The molecule has 0 saturated carbocycles. The monoisotopic (exact) mass is 276 g/mol. The molecule has 100 valence electrons. The summed E-state index contributed by atoms with van der Waals surface area (Å²) in [5.74, 6) is -0.0174. The Morgan fingerprint density at radius 2 is 1.89 bits per heavy atom. The number of nitrogens with zero attached hydrogens (tertiary/aromatic N) is 1. The highest BCUT2D eigenvalue weighted by atomic mass is 35.5. The standard InChI is InChI=1S/C15H16N2O.ClH/c1-12-5-3-7-14(9-12)16-15(18)11-17-8-4-6-13(2)10-17;/h3-10H,11H2,1-2H3;1H. The average molecular weight is 277 g/mol. The predicted molar refractivity (Wildman–Crippen MR) is 71.2 cm³/mol. The second-order valence-corrected chi connectivity index (χ2v) is 4.47. The molecule has 3 nitrogen and oxygen atoms in total. The number of amides is 1. The number of benzene rings is 1. The number of carbonyl (C=O) groups excluding carboxylic acids is 1. The third-order valence-electron chi connectivity index (χ3n) is 2.63. The van der Waals surface area contributed by atoms with Crippen LogP contribution in [0.2, 0.25) is 0 Å². The Hall–Kier alpha value is -1.87. The van der Waals surface area contributed by atoms with Gasteiger partial charge < -0.3 is 17.7 Å². The van der Waals surface area contributed by atoms with E-state index in [1.807, 2.05) is 67.2 Å². The molecule has 0 aliphatic carbocycles. The van der Waals surface area contributed by atoms with E-state index in [4.69, 9.17) is 0 Å². The first-order valence-electron chi connectivity index (χ1n) is 5.96. The molecule has 0 aliphatic rings. The van der Waals surface area contributed by atoms with Crippen molar-refractivity contribution in [3.05, 3.63) is 59.9 Å². The summed E-state index contributed by atoms with van der Waals surface area (Å²) in [7, 11) is 0. The number of hydrogen-bond donors (Lipinski definition) is 1. The van der Waals surface area contributed by atoms with E-state index < -0.39 is 0 Å². The summed E-state index contributed by atoms with van der Waals surface area (Å²) in [6.07, 6.45) is 3.85. The summed E-state index contributed by atoms with van der Waals surface area (Å²) in [6.45, 7) is 4.34. The molecular formula is C15H17ClN2O. The van der Waals surface area contributed by atoms with Gasteiger partial charge in [0.2, 0.25) is 6.54 Å². The number of hydrogen-bond acceptors (Lipinski definition) is 1. The molecule has 0 unspecified atom stereocenters. The van der Waals surface area contributed by atoms with Crippen molar-refractivity contribution in [2.45, 2.75) is 20.4 Å². The van der Waals surface area contributed by atoms with E-state index in [1.54, 1.807) is 0 Å². The fraction of sp³-hybridized carbons (Fsp3) is 0.200. The summed E-state index contributed by atoms with van der Waals surface area (Å²) >= 11 is 0. The van der Waals surface area contributed by atoms with Crippen LogP contribution in [0.3, 0.4) is 0 Å². The number of pyridine rings is 1. The molecule has 0 saturated heterocycles. The topological polar surface area (TPSA) is 33.0 Å². The molecule has 2 aromatic rings. The van der Waals surface area contributed by atoms with Gasteiger partial charge in [0, 0.05) is 17.3 Å². The predicted octanol–water partition coefficient (Wildman–Crippen LogP) is -0.766. The molecule has 0 fully saturated rings. The Labute approximate surface area is 119 Å². The van der Waals surface area contributed by atoms with Crippen LogP contribution < -0.4 is 22.3 Å². The molecular weight excluding hydrogens is 260 g/mol. The van der Waals surface area contributed by atoms with E-state index in [1.165, 1.54) is 0 Å². The van der Waals surface area contributed by atoms with Gasteiger partial charge in [-0.05, 0) is 37.6 Å². The zero-order chi connectivity index (χ0) is 13.0. The smallest absolute Gasteiger partial charge is 0.290 e. The van der Waals surface area contributed by atoms with Crippen molar-refractivity contribution < 1.29 is 21.8 Å². The second-order valence-electron chi connectivity index (χ2n) is 4.47. The molecule has 0 radical (unpaired) electrons. The Balaban J connectivity index is 0.00000180. The van der Waals surface area contributed by atoms with Crippen molar-refractivity contribution in [3.8, 4) is 0 Å². The highest BCUT2D eigenvalue weighted by molar-refractivity contribution is 5.89. The number of anilines is 1. The number of carbonyl (C=O) groups is 1. The highest BCUT2D eigenvalue weighted by Crippen LogP contribution is 2.08. The van der Waals surface area contributed by atoms with Gasteiger partial charge in [-0.2, -0.15) is 4.57 Å². The molecule has 4 heteroatoms. The molecule has 0 spiro atoms. The Morgan fingerprint density at radius 3 is 2.58 bits per heavy atom. The Kier molecular flexibility index (Phi) is 5.52. The zero-order valence-electron chi connectivity index (χ0n) is 11.1. The van der Waals surface area contributed by atoms with Crippen LogP contribution in [0, 0.1) is 13.8 Å². The SMILES string of the molecule is Cc1cccc(NC(=O)C[n+]2cccc(C)c2)c1.[Cl-]. The molecule has 2 rings (SSSR count). The molecule has 0 atom stereocenters. The summed E-state index contributed by atoms with van der Waals surface area (Å²) in [5, 5.41) is 2.89. The van der Waals surface area contributed by atoms with E-state index in [2.05, 4.69) is 5.32 Å². The maximum atomic E-state index is 11.9. The number of rotatable bonds is 3. The fourth-order valence-corrected chi connectivity index (χ4v) is 1.84. The largest absolute Gasteiger partial charge is 1.00 e. The van der Waals surface area contributed by atoms with Gasteiger partial charge in [0.25, 0.3) is 5.91 Å². The maximum Gasteiger partial charge on any atom is 0.290 e. The van der Waals surface area contributed by atoms with Gasteiger partial charge >= 0.3 is 0 Å². The van der Waals surface area contributed by atoms with Crippen LogP contribution in [0.15, 0.2) is 48.8 Å². The molecule has 19 heavy (non-hydrogen) atoms. The van der Waals surface area contributed by atoms with Gasteiger partial charge in [-0.15, -0.1) is 0 Å². The quantitative estimate of drug-likeness (QED) is 0.734. The van der Waals surface area contributed by atoms with Gasteiger partial charge in [-0.25, -0.2) is 0 Å². The molecule has 1 heterocycles. The van der Waals surface area contributed by atoms with E-state index >= 15 is 0 Å². The Bertz CT molecular complexity index is 520. The summed E-state index contributed by atoms with van der Waals surface area (Å²) in [5.41, 5.74) is 3.12. The fourth-order valence-electron chi connectivity index (χ4n) is 1.84. The maximum absolute atomic E-state index is 11.9. The van der Waals surface area contributed by atoms with Crippen LogP contribution in [0.4, 0.5) is 5.69 Å². The van der Waals surface area contributed by atoms with Gasteiger partial charge in [-0.1, -0.05) is 12.1 Å². The van der Waals surface area contributed by atoms with Gasteiger partial charge in [0.05, 0.1) is 0 Å². The molecule has 1 N–H and O–H groups in total. The summed E-state index contributed by atoms with van der Waals surface area (Å²) in [6, 6.07) is 11.7.